The van der Waals surface area contributed by atoms with Gasteiger partial charge >= 0.3 is 0 Å². The Morgan fingerprint density at radius 1 is 1.26 bits per heavy atom. The van der Waals surface area contributed by atoms with Gasteiger partial charge in [-0.1, -0.05) is 25.3 Å². The fourth-order valence-electron chi connectivity index (χ4n) is 2.96. The molecular formula is C14H20FNO2S. The topological polar surface area (TPSA) is 60.2 Å². The van der Waals surface area contributed by atoms with Crippen LogP contribution in [0.3, 0.4) is 0 Å². The molecule has 1 fully saturated rings. The van der Waals surface area contributed by atoms with Gasteiger partial charge in [-0.25, -0.2) is 12.8 Å². The highest BCUT2D eigenvalue weighted by Gasteiger charge is 2.33. The SMILES string of the molecule is CS(=O)(=O)c1cc(C2(CN)CCCCC2)ccc1F. The molecular weight excluding hydrogens is 265 g/mol. The number of hydrogen-bond acceptors (Lipinski definition) is 3. The molecule has 1 saturated carbocycles. The molecule has 1 aliphatic carbocycles. The van der Waals surface area contributed by atoms with Gasteiger partial charge < -0.3 is 5.73 Å². The summed E-state index contributed by atoms with van der Waals surface area (Å²) in [7, 11) is -3.55. The average Bonchev–Trinajstić information content (AvgIpc) is 2.38. The molecule has 1 aromatic carbocycles. The number of nitrogens with two attached hydrogens (primary N) is 1. The van der Waals surface area contributed by atoms with Crippen LogP contribution in [-0.4, -0.2) is 21.2 Å². The molecule has 0 bridgehead atoms. The van der Waals surface area contributed by atoms with Gasteiger partial charge in [0.2, 0.25) is 0 Å². The molecule has 1 aliphatic rings. The Morgan fingerprint density at radius 2 is 1.89 bits per heavy atom. The zero-order valence-corrected chi connectivity index (χ0v) is 12.0. The van der Waals surface area contributed by atoms with E-state index >= 15 is 0 Å². The molecule has 0 spiro atoms. The first-order valence-electron chi connectivity index (χ1n) is 6.59. The summed E-state index contributed by atoms with van der Waals surface area (Å²) < 4.78 is 36.9. The summed E-state index contributed by atoms with van der Waals surface area (Å²) in [4.78, 5) is -0.219. The van der Waals surface area contributed by atoms with Crippen molar-refractivity contribution in [3.63, 3.8) is 0 Å². The van der Waals surface area contributed by atoms with E-state index in [4.69, 9.17) is 5.73 Å². The van der Waals surface area contributed by atoms with E-state index in [9.17, 15) is 12.8 Å². The van der Waals surface area contributed by atoms with Gasteiger partial charge in [0.05, 0.1) is 0 Å². The van der Waals surface area contributed by atoms with Gasteiger partial charge in [0.15, 0.2) is 9.84 Å². The lowest BCUT2D eigenvalue weighted by atomic mass is 9.69. The third-order valence-electron chi connectivity index (χ3n) is 4.14. The van der Waals surface area contributed by atoms with E-state index in [0.717, 1.165) is 37.5 Å². The molecule has 2 N–H and O–H groups in total. The smallest absolute Gasteiger partial charge is 0.178 e. The summed E-state index contributed by atoms with van der Waals surface area (Å²) >= 11 is 0. The van der Waals surface area contributed by atoms with Gasteiger partial charge in [-0.3, -0.25) is 0 Å². The van der Waals surface area contributed by atoms with Crippen molar-refractivity contribution in [2.45, 2.75) is 42.4 Å². The van der Waals surface area contributed by atoms with Crippen LogP contribution in [0.15, 0.2) is 23.1 Å². The van der Waals surface area contributed by atoms with E-state index in [1.807, 2.05) is 0 Å². The Hall–Kier alpha value is -0.940. The third-order valence-corrected chi connectivity index (χ3v) is 5.26. The Balaban J connectivity index is 2.50. The van der Waals surface area contributed by atoms with Crippen LogP contribution in [0.25, 0.3) is 0 Å². The van der Waals surface area contributed by atoms with Gasteiger partial charge in [-0.05, 0) is 30.5 Å². The first-order chi connectivity index (χ1) is 8.89. The van der Waals surface area contributed by atoms with Crippen molar-refractivity contribution < 1.29 is 12.8 Å². The first kappa shape index (κ1) is 14.5. The highest BCUT2D eigenvalue weighted by molar-refractivity contribution is 7.90. The van der Waals surface area contributed by atoms with Crippen molar-refractivity contribution >= 4 is 9.84 Å². The minimum atomic E-state index is -3.55. The van der Waals surface area contributed by atoms with Crippen LogP contribution in [0.2, 0.25) is 0 Å². The van der Waals surface area contributed by atoms with E-state index in [0.29, 0.717) is 6.54 Å². The number of benzene rings is 1. The number of hydrogen-bond donors (Lipinski definition) is 1. The Labute approximate surface area is 113 Å². The zero-order chi connectivity index (χ0) is 14.1. The van der Waals surface area contributed by atoms with Crippen LogP contribution in [0, 0.1) is 5.82 Å². The maximum Gasteiger partial charge on any atom is 0.178 e. The number of sulfone groups is 1. The second kappa shape index (κ2) is 5.21. The summed E-state index contributed by atoms with van der Waals surface area (Å²) in [6.45, 7) is 0.474. The lowest BCUT2D eigenvalue weighted by Crippen LogP contribution is -2.37. The third kappa shape index (κ3) is 2.82. The van der Waals surface area contributed by atoms with Crippen molar-refractivity contribution in [1.82, 2.24) is 0 Å². The van der Waals surface area contributed by atoms with Crippen molar-refractivity contribution in [3.05, 3.63) is 29.6 Å². The van der Waals surface area contributed by atoms with E-state index in [-0.39, 0.29) is 10.3 Å². The normalized spacial score (nSPS) is 19.3. The van der Waals surface area contributed by atoms with Crippen molar-refractivity contribution in [2.75, 3.05) is 12.8 Å². The maximum absolute atomic E-state index is 13.7. The van der Waals surface area contributed by atoms with Crippen LogP contribution in [0.4, 0.5) is 4.39 Å². The molecule has 19 heavy (non-hydrogen) atoms. The largest absolute Gasteiger partial charge is 0.330 e. The minimum absolute atomic E-state index is 0.189. The standard InChI is InChI=1S/C14H20FNO2S/c1-19(17,18)13-9-11(5-6-12(13)15)14(10-16)7-3-2-4-8-14/h5-6,9H,2-4,7-8,10,16H2,1H3. The van der Waals surface area contributed by atoms with Crippen LogP contribution < -0.4 is 5.73 Å². The molecule has 106 valence electrons. The monoisotopic (exact) mass is 285 g/mol. The van der Waals surface area contributed by atoms with Crippen molar-refractivity contribution in [3.8, 4) is 0 Å². The molecule has 1 aromatic rings. The van der Waals surface area contributed by atoms with E-state index < -0.39 is 15.7 Å². The molecule has 0 radical (unpaired) electrons. The second-order valence-electron chi connectivity index (χ2n) is 5.46. The Bertz CT molecular complexity index is 563. The predicted molar refractivity (Wildman–Crippen MR) is 73.3 cm³/mol. The predicted octanol–water partition coefficient (Wildman–Crippen LogP) is 2.39. The van der Waals surface area contributed by atoms with Gasteiger partial charge in [0, 0.05) is 18.2 Å². The van der Waals surface area contributed by atoms with Crippen LogP contribution >= 0.6 is 0 Å². The highest BCUT2D eigenvalue weighted by atomic mass is 32.2. The van der Waals surface area contributed by atoms with E-state index in [1.54, 1.807) is 6.07 Å². The summed E-state index contributed by atoms with van der Waals surface area (Å²) in [5.74, 6) is -0.686. The van der Waals surface area contributed by atoms with E-state index in [2.05, 4.69) is 0 Å². The van der Waals surface area contributed by atoms with Gasteiger partial charge in [0.25, 0.3) is 0 Å². The zero-order valence-electron chi connectivity index (χ0n) is 11.2. The molecule has 2 rings (SSSR count). The summed E-state index contributed by atoms with van der Waals surface area (Å²) in [5, 5.41) is 0. The second-order valence-corrected chi connectivity index (χ2v) is 7.45. The van der Waals surface area contributed by atoms with Gasteiger partial charge in [-0.2, -0.15) is 0 Å². The Morgan fingerprint density at radius 3 is 2.42 bits per heavy atom. The van der Waals surface area contributed by atoms with Crippen LogP contribution in [0.5, 0.6) is 0 Å². The molecule has 0 aliphatic heterocycles. The quantitative estimate of drug-likeness (QED) is 0.927. The average molecular weight is 285 g/mol. The minimum Gasteiger partial charge on any atom is -0.330 e. The summed E-state index contributed by atoms with van der Waals surface area (Å²) in [6, 6.07) is 4.41. The van der Waals surface area contributed by atoms with Crippen molar-refractivity contribution in [2.24, 2.45) is 5.73 Å². The lowest BCUT2D eigenvalue weighted by molar-refractivity contribution is 0.300. The van der Waals surface area contributed by atoms with Gasteiger partial charge in [-0.15, -0.1) is 0 Å². The van der Waals surface area contributed by atoms with Gasteiger partial charge in [0.1, 0.15) is 10.7 Å². The number of rotatable bonds is 3. The molecule has 3 nitrogen and oxygen atoms in total. The molecule has 0 unspecified atom stereocenters. The summed E-state index contributed by atoms with van der Waals surface area (Å²) in [5.41, 5.74) is 6.59. The molecule has 0 heterocycles. The molecule has 0 saturated heterocycles. The highest BCUT2D eigenvalue weighted by Crippen LogP contribution is 2.39. The van der Waals surface area contributed by atoms with Crippen LogP contribution in [0.1, 0.15) is 37.7 Å². The lowest BCUT2D eigenvalue weighted by Gasteiger charge is -2.37. The first-order valence-corrected chi connectivity index (χ1v) is 8.48. The maximum atomic E-state index is 13.7. The van der Waals surface area contributed by atoms with Crippen molar-refractivity contribution in [1.29, 1.82) is 0 Å². The van der Waals surface area contributed by atoms with Crippen LogP contribution in [-0.2, 0) is 15.3 Å². The molecule has 0 aromatic heterocycles. The molecule has 0 atom stereocenters. The Kier molecular flexibility index (Phi) is 3.97. The fraction of sp³-hybridized carbons (Fsp3) is 0.571. The fourth-order valence-corrected chi connectivity index (χ4v) is 3.72. The molecule has 5 heteroatoms. The molecule has 0 amide bonds. The summed E-state index contributed by atoms with van der Waals surface area (Å²) in [6.07, 6.45) is 6.27. The van der Waals surface area contributed by atoms with E-state index in [1.165, 1.54) is 18.6 Å². The number of halogens is 1.